The maximum atomic E-state index is 12.8. The van der Waals surface area contributed by atoms with E-state index in [0.29, 0.717) is 18.8 Å². The normalized spacial score (nSPS) is 16.3. The molecule has 1 unspecified atom stereocenters. The van der Waals surface area contributed by atoms with E-state index >= 15 is 0 Å². The molecular weight excluding hydrogens is 387 g/mol. The van der Waals surface area contributed by atoms with Crippen molar-refractivity contribution in [2.24, 2.45) is 0 Å². The average Bonchev–Trinajstić information content (AvgIpc) is 3.20. The number of carbonyl (C=O) groups is 2. The number of rotatable bonds is 5. The van der Waals surface area contributed by atoms with Crippen LogP contribution in [0.2, 0.25) is 0 Å². The van der Waals surface area contributed by atoms with E-state index in [4.69, 9.17) is 4.74 Å². The van der Waals surface area contributed by atoms with Crippen molar-refractivity contribution in [1.29, 1.82) is 0 Å². The first kappa shape index (κ1) is 20.7. The van der Waals surface area contributed by atoms with Gasteiger partial charge in [0.05, 0.1) is 11.7 Å². The third-order valence-electron chi connectivity index (χ3n) is 4.34. The van der Waals surface area contributed by atoms with Gasteiger partial charge in [-0.25, -0.2) is 4.79 Å². The zero-order valence-electron chi connectivity index (χ0n) is 15.4. The molecule has 1 heterocycles. The lowest BCUT2D eigenvalue weighted by molar-refractivity contribution is -0.137. The van der Waals surface area contributed by atoms with Crippen molar-refractivity contribution >= 4 is 23.3 Å². The lowest BCUT2D eigenvalue weighted by atomic mass is 10.1. The molecule has 0 saturated carbocycles. The largest absolute Gasteiger partial charge is 0.416 e. The molecular formula is C20H20F3N3O3. The molecule has 1 aliphatic rings. The van der Waals surface area contributed by atoms with Gasteiger partial charge in [0.15, 0.2) is 0 Å². The molecule has 6 nitrogen and oxygen atoms in total. The van der Waals surface area contributed by atoms with Crippen LogP contribution in [0.25, 0.3) is 0 Å². The molecule has 3 rings (SSSR count). The Bertz CT molecular complexity index is 881. The lowest BCUT2D eigenvalue weighted by Gasteiger charge is -2.13. The summed E-state index contributed by atoms with van der Waals surface area (Å²) in [5, 5.41) is 7.75. The summed E-state index contributed by atoms with van der Waals surface area (Å²) in [5.74, 6) is -0.590. The fraction of sp³-hybridized carbons (Fsp3) is 0.300. The molecule has 29 heavy (non-hydrogen) atoms. The zero-order valence-corrected chi connectivity index (χ0v) is 15.4. The molecule has 0 bridgehead atoms. The van der Waals surface area contributed by atoms with Crippen molar-refractivity contribution in [1.82, 2.24) is 5.32 Å². The standard InChI is InChI=1S/C20H20F3N3O3/c21-20(22,23)14-5-2-7-16(11-14)25-18(27)13-4-1-6-15(10-13)26-19(28)24-12-17-8-3-9-29-17/h1-2,4-7,10-11,17H,3,8-9,12H2,(H,25,27)(H2,24,26,28). The summed E-state index contributed by atoms with van der Waals surface area (Å²) in [4.78, 5) is 24.4. The number of nitrogens with one attached hydrogen (secondary N) is 3. The molecule has 9 heteroatoms. The van der Waals surface area contributed by atoms with E-state index in [0.717, 1.165) is 25.0 Å². The van der Waals surface area contributed by atoms with Crippen LogP contribution in [0.3, 0.4) is 0 Å². The molecule has 2 aromatic carbocycles. The summed E-state index contributed by atoms with van der Waals surface area (Å²) in [6.07, 6.45) is -2.63. The van der Waals surface area contributed by atoms with E-state index in [1.807, 2.05) is 0 Å². The first-order valence-corrected chi connectivity index (χ1v) is 9.06. The highest BCUT2D eigenvalue weighted by Crippen LogP contribution is 2.30. The van der Waals surface area contributed by atoms with E-state index in [9.17, 15) is 22.8 Å². The van der Waals surface area contributed by atoms with Crippen LogP contribution < -0.4 is 16.0 Å². The fourth-order valence-electron chi connectivity index (χ4n) is 2.90. The van der Waals surface area contributed by atoms with Crippen molar-refractivity contribution in [3.05, 3.63) is 59.7 Å². The minimum absolute atomic E-state index is 0.00493. The monoisotopic (exact) mass is 407 g/mol. The predicted molar refractivity (Wildman–Crippen MR) is 102 cm³/mol. The van der Waals surface area contributed by atoms with Crippen molar-refractivity contribution in [3.8, 4) is 0 Å². The number of alkyl halides is 3. The van der Waals surface area contributed by atoms with Crippen LogP contribution in [0, 0.1) is 0 Å². The Balaban J connectivity index is 1.59. The molecule has 154 valence electrons. The van der Waals surface area contributed by atoms with Crippen LogP contribution in [0.4, 0.5) is 29.3 Å². The van der Waals surface area contributed by atoms with Gasteiger partial charge in [0, 0.05) is 30.1 Å². The van der Waals surface area contributed by atoms with Gasteiger partial charge in [-0.05, 0) is 49.2 Å². The molecule has 3 N–H and O–H groups in total. The van der Waals surface area contributed by atoms with Crippen LogP contribution in [0.15, 0.2) is 48.5 Å². The molecule has 2 aromatic rings. The molecule has 0 aliphatic carbocycles. The SMILES string of the molecule is O=C(NCC1CCCO1)Nc1cccc(C(=O)Nc2cccc(C(F)(F)F)c2)c1. The minimum atomic E-state index is -4.50. The summed E-state index contributed by atoms with van der Waals surface area (Å²) in [7, 11) is 0. The van der Waals surface area contributed by atoms with Gasteiger partial charge >= 0.3 is 12.2 Å². The lowest BCUT2D eigenvalue weighted by Crippen LogP contribution is -2.35. The second kappa shape index (κ2) is 8.95. The van der Waals surface area contributed by atoms with Crippen LogP contribution >= 0.6 is 0 Å². The Morgan fingerprint density at radius 3 is 2.45 bits per heavy atom. The molecule has 3 amide bonds. The Morgan fingerprint density at radius 1 is 1.03 bits per heavy atom. The summed E-state index contributed by atoms with van der Waals surface area (Å²) < 4.78 is 43.8. The van der Waals surface area contributed by atoms with E-state index in [-0.39, 0.29) is 17.4 Å². The summed E-state index contributed by atoms with van der Waals surface area (Å²) >= 11 is 0. The van der Waals surface area contributed by atoms with Crippen LogP contribution in [0.1, 0.15) is 28.8 Å². The van der Waals surface area contributed by atoms with Gasteiger partial charge in [-0.2, -0.15) is 13.2 Å². The molecule has 0 radical (unpaired) electrons. The van der Waals surface area contributed by atoms with E-state index < -0.39 is 23.7 Å². The average molecular weight is 407 g/mol. The molecule has 1 aliphatic heterocycles. The first-order valence-electron chi connectivity index (χ1n) is 9.06. The summed E-state index contributed by atoms with van der Waals surface area (Å²) in [6, 6.07) is 10.0. The molecule has 1 atom stereocenters. The maximum absolute atomic E-state index is 12.8. The van der Waals surface area contributed by atoms with Gasteiger partial charge in [0.25, 0.3) is 5.91 Å². The highest BCUT2D eigenvalue weighted by molar-refractivity contribution is 6.05. The third-order valence-corrected chi connectivity index (χ3v) is 4.34. The van der Waals surface area contributed by atoms with Crippen molar-refractivity contribution < 1.29 is 27.5 Å². The number of hydrogen-bond donors (Lipinski definition) is 3. The maximum Gasteiger partial charge on any atom is 0.416 e. The summed E-state index contributed by atoms with van der Waals surface area (Å²) in [6.45, 7) is 1.08. The molecule has 0 spiro atoms. The highest BCUT2D eigenvalue weighted by Gasteiger charge is 2.30. The number of carbonyl (C=O) groups excluding carboxylic acids is 2. The van der Waals surface area contributed by atoms with Gasteiger partial charge in [-0.15, -0.1) is 0 Å². The number of halogens is 3. The Hall–Kier alpha value is -3.07. The molecule has 1 fully saturated rings. The minimum Gasteiger partial charge on any atom is -0.376 e. The van der Waals surface area contributed by atoms with E-state index in [1.165, 1.54) is 24.3 Å². The number of ether oxygens (including phenoxy) is 1. The van der Waals surface area contributed by atoms with Crippen molar-refractivity contribution in [3.63, 3.8) is 0 Å². The number of amides is 3. The number of anilines is 2. The number of benzene rings is 2. The quantitative estimate of drug-likeness (QED) is 0.693. The smallest absolute Gasteiger partial charge is 0.376 e. The van der Waals surface area contributed by atoms with Gasteiger partial charge in [-0.3, -0.25) is 4.79 Å². The van der Waals surface area contributed by atoms with Gasteiger partial charge in [0.2, 0.25) is 0 Å². The Kier molecular flexibility index (Phi) is 6.38. The fourth-order valence-corrected chi connectivity index (χ4v) is 2.90. The second-order valence-corrected chi connectivity index (χ2v) is 6.58. The predicted octanol–water partition coefficient (Wildman–Crippen LogP) is 4.26. The highest BCUT2D eigenvalue weighted by atomic mass is 19.4. The first-order chi connectivity index (χ1) is 13.8. The van der Waals surface area contributed by atoms with Crippen molar-refractivity contribution in [2.45, 2.75) is 25.1 Å². The summed E-state index contributed by atoms with van der Waals surface area (Å²) in [5.41, 5.74) is -0.253. The molecule has 0 aromatic heterocycles. The van der Waals surface area contributed by atoms with Gasteiger partial charge in [0.1, 0.15) is 0 Å². The Morgan fingerprint density at radius 2 is 1.76 bits per heavy atom. The number of hydrogen-bond acceptors (Lipinski definition) is 3. The van der Waals surface area contributed by atoms with Crippen LogP contribution in [0.5, 0.6) is 0 Å². The number of urea groups is 1. The van der Waals surface area contributed by atoms with E-state index in [1.54, 1.807) is 12.1 Å². The van der Waals surface area contributed by atoms with Gasteiger partial charge < -0.3 is 20.7 Å². The topological polar surface area (TPSA) is 79.5 Å². The Labute approximate surface area is 165 Å². The molecule has 1 saturated heterocycles. The zero-order chi connectivity index (χ0) is 20.9. The third kappa shape index (κ3) is 5.95. The van der Waals surface area contributed by atoms with Crippen LogP contribution in [-0.2, 0) is 10.9 Å². The van der Waals surface area contributed by atoms with E-state index in [2.05, 4.69) is 16.0 Å². The van der Waals surface area contributed by atoms with Crippen molar-refractivity contribution in [2.75, 3.05) is 23.8 Å². The van der Waals surface area contributed by atoms with Gasteiger partial charge in [-0.1, -0.05) is 12.1 Å². The second-order valence-electron chi connectivity index (χ2n) is 6.58. The van der Waals surface area contributed by atoms with Crippen LogP contribution in [-0.4, -0.2) is 31.2 Å².